The van der Waals surface area contributed by atoms with Gasteiger partial charge in [0.2, 0.25) is 0 Å². The van der Waals surface area contributed by atoms with Crippen molar-refractivity contribution in [3.63, 3.8) is 0 Å². The quantitative estimate of drug-likeness (QED) is 0.452. The van der Waals surface area contributed by atoms with Gasteiger partial charge < -0.3 is 27.0 Å². The Hall–Kier alpha value is -3.06. The van der Waals surface area contributed by atoms with E-state index >= 15 is 0 Å². The Morgan fingerprint density at radius 3 is 2.53 bits per heavy atom. The third kappa shape index (κ3) is 3.39. The maximum atomic E-state index is 13.3. The summed E-state index contributed by atoms with van der Waals surface area (Å²) in [6, 6.07) is 17.6. The number of nitrogens with one attached hydrogen (secondary N) is 1. The van der Waals surface area contributed by atoms with Crippen LogP contribution in [0.1, 0.15) is 19.8 Å². The number of aromatic nitrogens is 3. The molecular formula is C23H22BrN4O2-. The van der Waals surface area contributed by atoms with Gasteiger partial charge in [0.1, 0.15) is 11.0 Å². The Balaban J connectivity index is 0.00000218. The Morgan fingerprint density at radius 2 is 1.87 bits per heavy atom. The van der Waals surface area contributed by atoms with Crippen LogP contribution in [0.2, 0.25) is 0 Å². The van der Waals surface area contributed by atoms with Gasteiger partial charge in [0, 0.05) is 17.8 Å². The molecule has 0 unspecified atom stereocenters. The van der Waals surface area contributed by atoms with Gasteiger partial charge in [0.05, 0.1) is 24.2 Å². The summed E-state index contributed by atoms with van der Waals surface area (Å²) in [5.74, 6) is 0.835. The van der Waals surface area contributed by atoms with E-state index in [2.05, 4.69) is 5.32 Å². The number of hydrogen-bond acceptors (Lipinski definition) is 4. The number of ether oxygens (including phenoxy) is 1. The van der Waals surface area contributed by atoms with Gasteiger partial charge in [-0.15, -0.1) is 0 Å². The molecule has 2 aromatic heterocycles. The van der Waals surface area contributed by atoms with Crippen LogP contribution in [0, 0.1) is 0 Å². The van der Waals surface area contributed by atoms with Crippen molar-refractivity contribution in [2.24, 2.45) is 0 Å². The van der Waals surface area contributed by atoms with Crippen LogP contribution < -0.4 is 37.8 Å². The van der Waals surface area contributed by atoms with E-state index in [1.165, 1.54) is 0 Å². The van der Waals surface area contributed by atoms with Gasteiger partial charge in [0.15, 0.2) is 5.65 Å². The first-order valence-corrected chi connectivity index (χ1v) is 9.96. The van der Waals surface area contributed by atoms with Gasteiger partial charge in [0.25, 0.3) is 5.56 Å². The number of halogens is 1. The number of rotatable bonds is 4. The predicted octanol–water partition coefficient (Wildman–Crippen LogP) is -0.235. The molecule has 0 saturated carbocycles. The molecule has 7 heteroatoms. The van der Waals surface area contributed by atoms with E-state index in [9.17, 15) is 4.79 Å². The number of fused-ring (bicyclic) bond motifs is 1. The smallest absolute Gasteiger partial charge is 0.283 e. The van der Waals surface area contributed by atoms with Crippen molar-refractivity contribution >= 4 is 11.3 Å². The van der Waals surface area contributed by atoms with Crippen molar-refractivity contribution in [2.45, 2.75) is 19.8 Å². The molecule has 3 heterocycles. The number of benzene rings is 2. The molecule has 2 aromatic carbocycles. The van der Waals surface area contributed by atoms with E-state index in [1.807, 2.05) is 72.2 Å². The summed E-state index contributed by atoms with van der Waals surface area (Å²) >= 11 is 0. The molecule has 6 nitrogen and oxygen atoms in total. The topological polar surface area (TPSA) is 60.6 Å². The fraction of sp³-hybridized carbons (Fsp3) is 0.217. The summed E-state index contributed by atoms with van der Waals surface area (Å²) in [5.41, 5.74) is 4.27. The molecule has 5 rings (SSSR count). The van der Waals surface area contributed by atoms with Crippen molar-refractivity contribution in [3.8, 4) is 22.7 Å². The van der Waals surface area contributed by atoms with Gasteiger partial charge in [-0.05, 0) is 56.2 Å². The summed E-state index contributed by atoms with van der Waals surface area (Å²) in [6.07, 6.45) is 3.83. The molecule has 1 fully saturated rings. The molecule has 0 amide bonds. The molecule has 0 bridgehead atoms. The van der Waals surface area contributed by atoms with Crippen molar-refractivity contribution in [1.82, 2.24) is 19.5 Å². The highest BCUT2D eigenvalue weighted by molar-refractivity contribution is 5.66. The van der Waals surface area contributed by atoms with Crippen LogP contribution in [0.4, 0.5) is 0 Å². The lowest BCUT2D eigenvalue weighted by atomic mass is 10.1. The second-order valence-corrected chi connectivity index (χ2v) is 7.09. The minimum absolute atomic E-state index is 0. The van der Waals surface area contributed by atoms with E-state index in [4.69, 9.17) is 9.72 Å². The second-order valence-electron chi connectivity index (χ2n) is 7.09. The molecule has 1 saturated heterocycles. The van der Waals surface area contributed by atoms with E-state index in [-0.39, 0.29) is 22.5 Å². The molecule has 0 aliphatic carbocycles. The Morgan fingerprint density at radius 1 is 1.10 bits per heavy atom. The van der Waals surface area contributed by atoms with Crippen molar-refractivity contribution in [2.75, 3.05) is 13.2 Å². The zero-order valence-corrected chi connectivity index (χ0v) is 18.2. The van der Waals surface area contributed by atoms with Crippen molar-refractivity contribution in [3.05, 3.63) is 76.4 Å². The van der Waals surface area contributed by atoms with E-state index in [1.54, 1.807) is 4.68 Å². The van der Waals surface area contributed by atoms with Crippen LogP contribution in [0.5, 0.6) is 5.75 Å². The SMILES string of the molecule is CCOc1ccc(-c2cn3c(n2)/c(=C2\CCCN2)c(=O)n3-c2ccccc2)cc1.[Br-]. The third-order valence-corrected chi connectivity index (χ3v) is 5.24. The fourth-order valence-electron chi connectivity index (χ4n) is 3.90. The van der Waals surface area contributed by atoms with Gasteiger partial charge >= 0.3 is 0 Å². The Labute approximate surface area is 184 Å². The summed E-state index contributed by atoms with van der Waals surface area (Å²) < 4.78 is 9.10. The first kappa shape index (κ1) is 20.2. The minimum Gasteiger partial charge on any atom is -1.00 e. The van der Waals surface area contributed by atoms with Crippen LogP contribution in [0.3, 0.4) is 0 Å². The number of hydrogen-bond donors (Lipinski definition) is 1. The first-order valence-electron chi connectivity index (χ1n) is 9.96. The molecule has 154 valence electrons. The van der Waals surface area contributed by atoms with Crippen LogP contribution >= 0.6 is 0 Å². The van der Waals surface area contributed by atoms with E-state index < -0.39 is 0 Å². The predicted molar refractivity (Wildman–Crippen MR) is 113 cm³/mol. The highest BCUT2D eigenvalue weighted by Gasteiger charge is 2.20. The summed E-state index contributed by atoms with van der Waals surface area (Å²) in [5, 5.41) is 4.04. The zero-order chi connectivity index (χ0) is 19.8. The third-order valence-electron chi connectivity index (χ3n) is 5.24. The average Bonchev–Trinajstić information content (AvgIpc) is 3.46. The van der Waals surface area contributed by atoms with Crippen molar-refractivity contribution in [1.29, 1.82) is 0 Å². The van der Waals surface area contributed by atoms with Crippen LogP contribution in [-0.4, -0.2) is 27.3 Å². The second kappa shape index (κ2) is 8.36. The highest BCUT2D eigenvalue weighted by atomic mass is 79.9. The van der Waals surface area contributed by atoms with Crippen LogP contribution in [0.25, 0.3) is 28.3 Å². The Bertz CT molecular complexity index is 1270. The molecule has 30 heavy (non-hydrogen) atoms. The zero-order valence-electron chi connectivity index (χ0n) is 16.6. The van der Waals surface area contributed by atoms with E-state index in [0.29, 0.717) is 17.5 Å². The minimum atomic E-state index is -0.0404. The number of nitrogens with zero attached hydrogens (tertiary/aromatic N) is 3. The summed E-state index contributed by atoms with van der Waals surface area (Å²) in [7, 11) is 0. The lowest BCUT2D eigenvalue weighted by molar-refractivity contribution is -0.00000655. The largest absolute Gasteiger partial charge is 1.00 e. The Kier molecular flexibility index (Phi) is 5.63. The van der Waals surface area contributed by atoms with Gasteiger partial charge in [-0.3, -0.25) is 4.79 Å². The molecule has 4 aromatic rings. The summed E-state index contributed by atoms with van der Waals surface area (Å²) in [4.78, 5) is 18.2. The molecule has 1 N–H and O–H groups in total. The van der Waals surface area contributed by atoms with Gasteiger partial charge in [-0.2, -0.15) is 0 Å². The molecule has 0 atom stereocenters. The van der Waals surface area contributed by atoms with E-state index in [0.717, 1.165) is 47.8 Å². The number of para-hydroxylation sites is 1. The lowest BCUT2D eigenvalue weighted by Gasteiger charge is -2.04. The monoisotopic (exact) mass is 465 g/mol. The van der Waals surface area contributed by atoms with Gasteiger partial charge in [-0.25, -0.2) is 14.2 Å². The maximum Gasteiger partial charge on any atom is 0.283 e. The highest BCUT2D eigenvalue weighted by Crippen LogP contribution is 2.22. The van der Waals surface area contributed by atoms with Crippen molar-refractivity contribution < 1.29 is 21.7 Å². The summed E-state index contributed by atoms with van der Waals surface area (Å²) in [6.45, 7) is 3.50. The van der Waals surface area contributed by atoms with Crippen LogP contribution in [0.15, 0.2) is 65.6 Å². The van der Waals surface area contributed by atoms with Gasteiger partial charge in [-0.1, -0.05) is 18.2 Å². The fourth-order valence-corrected chi connectivity index (χ4v) is 3.90. The molecule has 1 aliphatic rings. The molecule has 1 aliphatic heterocycles. The molecular weight excluding hydrogens is 444 g/mol. The molecule has 0 spiro atoms. The normalized spacial score (nSPS) is 15.1. The van der Waals surface area contributed by atoms with Crippen LogP contribution in [-0.2, 0) is 0 Å². The molecule has 0 radical (unpaired) electrons. The maximum absolute atomic E-state index is 13.3. The lowest BCUT2D eigenvalue weighted by Crippen LogP contribution is -3.00. The number of imidazole rings is 1. The average molecular weight is 466 g/mol. The standard InChI is InChI=1S/C23H22N4O2.BrH/c1-2-29-18-12-10-16(11-13-18)20-15-26-22(25-20)21(19-9-6-14-24-19)23(28)27(26)17-7-4-3-5-8-17;/h3-5,7-8,10-13,15,24H,2,6,9,14H2,1H3;1H/p-1/b21-19-;. The first-order chi connectivity index (χ1) is 14.3.